The summed E-state index contributed by atoms with van der Waals surface area (Å²) in [5.41, 5.74) is 9.02. The number of fused-ring (bicyclic) bond motifs is 1. The highest BCUT2D eigenvalue weighted by Gasteiger charge is 2.25. The van der Waals surface area contributed by atoms with E-state index in [1.807, 2.05) is 0 Å². The number of piperazine rings is 1. The van der Waals surface area contributed by atoms with E-state index < -0.39 is 0 Å². The summed E-state index contributed by atoms with van der Waals surface area (Å²) in [6.07, 6.45) is 0. The maximum atomic E-state index is 6.50. The Morgan fingerprint density at radius 2 is 1.95 bits per heavy atom. The summed E-state index contributed by atoms with van der Waals surface area (Å²) in [6, 6.07) is 13.6. The minimum Gasteiger partial charge on any atom is -0.323 e. The molecule has 0 spiro atoms. The lowest BCUT2D eigenvalue weighted by atomic mass is 9.95. The third-order valence-corrected chi connectivity index (χ3v) is 4.38. The van der Waals surface area contributed by atoms with Crippen molar-refractivity contribution in [2.45, 2.75) is 19.0 Å². The maximum Gasteiger partial charge on any atom is 0.0465 e. The number of aryl methyl sites for hydroxylation is 1. The van der Waals surface area contributed by atoms with E-state index in [1.54, 1.807) is 0 Å². The molecule has 106 valence electrons. The summed E-state index contributed by atoms with van der Waals surface area (Å²) in [5, 5.41) is 6.00. The molecule has 3 N–H and O–H groups in total. The third kappa shape index (κ3) is 2.57. The first-order valence-corrected chi connectivity index (χ1v) is 7.32. The van der Waals surface area contributed by atoms with Crippen LogP contribution in [-0.4, -0.2) is 37.6 Å². The van der Waals surface area contributed by atoms with Crippen molar-refractivity contribution in [3.05, 3.63) is 47.5 Å². The number of nitrogens with two attached hydrogens (primary N) is 1. The molecular weight excluding hydrogens is 246 g/mol. The predicted octanol–water partition coefficient (Wildman–Crippen LogP) is 2.05. The van der Waals surface area contributed by atoms with Gasteiger partial charge in [-0.3, -0.25) is 4.90 Å². The van der Waals surface area contributed by atoms with Crippen molar-refractivity contribution >= 4 is 10.8 Å². The van der Waals surface area contributed by atoms with Gasteiger partial charge in [-0.2, -0.15) is 0 Å². The zero-order valence-electron chi connectivity index (χ0n) is 12.3. The molecule has 0 radical (unpaired) electrons. The molecule has 2 aromatic rings. The fraction of sp³-hybridized carbons (Fsp3) is 0.412. The van der Waals surface area contributed by atoms with Crippen LogP contribution in [0.2, 0.25) is 0 Å². The normalized spacial score (nSPS) is 22.1. The van der Waals surface area contributed by atoms with E-state index in [0.717, 1.165) is 19.6 Å². The van der Waals surface area contributed by atoms with Crippen LogP contribution >= 0.6 is 0 Å². The lowest BCUT2D eigenvalue weighted by molar-refractivity contribution is 0.174. The van der Waals surface area contributed by atoms with Crippen LogP contribution < -0.4 is 11.1 Å². The maximum absolute atomic E-state index is 6.50. The van der Waals surface area contributed by atoms with Crippen LogP contribution in [0.15, 0.2) is 36.4 Å². The van der Waals surface area contributed by atoms with Crippen LogP contribution in [0.4, 0.5) is 0 Å². The molecule has 2 atom stereocenters. The number of likely N-dealkylation sites (N-methyl/N-ethyl adjacent to an activating group) is 1. The Balaban J connectivity index is 1.91. The highest BCUT2D eigenvalue weighted by atomic mass is 15.2. The van der Waals surface area contributed by atoms with Crippen molar-refractivity contribution in [3.8, 4) is 0 Å². The van der Waals surface area contributed by atoms with Gasteiger partial charge in [0.15, 0.2) is 0 Å². The van der Waals surface area contributed by atoms with Crippen LogP contribution in [0.25, 0.3) is 10.8 Å². The summed E-state index contributed by atoms with van der Waals surface area (Å²) in [6.45, 7) is 5.20. The van der Waals surface area contributed by atoms with Crippen molar-refractivity contribution in [1.82, 2.24) is 10.2 Å². The molecule has 1 aliphatic heterocycles. The van der Waals surface area contributed by atoms with E-state index in [4.69, 9.17) is 5.73 Å². The molecular formula is C17H23N3. The second kappa shape index (κ2) is 5.52. The van der Waals surface area contributed by atoms with Gasteiger partial charge in [0.05, 0.1) is 0 Å². The average Bonchev–Trinajstić information content (AvgIpc) is 2.46. The molecule has 3 rings (SSSR count). The summed E-state index contributed by atoms with van der Waals surface area (Å²) < 4.78 is 0. The smallest absolute Gasteiger partial charge is 0.0465 e. The molecule has 0 amide bonds. The third-order valence-electron chi connectivity index (χ3n) is 4.38. The standard InChI is InChI=1S/C17H23N3/c1-12-3-4-14-10-15(6-5-13(14)9-12)17(18)16-11-19-7-8-20(16)2/h3-6,9-10,16-17,19H,7-8,11,18H2,1-2H3. The Bertz CT molecular complexity index is 608. The number of rotatable bonds is 2. The lowest BCUT2D eigenvalue weighted by Gasteiger charge is -2.37. The van der Waals surface area contributed by atoms with Crippen molar-refractivity contribution in [2.75, 3.05) is 26.7 Å². The Labute approximate surface area is 120 Å². The van der Waals surface area contributed by atoms with Crippen LogP contribution in [0.3, 0.4) is 0 Å². The van der Waals surface area contributed by atoms with Gasteiger partial charge in [-0.05, 0) is 36.4 Å². The molecule has 3 nitrogen and oxygen atoms in total. The number of nitrogens with zero attached hydrogens (tertiary/aromatic N) is 1. The van der Waals surface area contributed by atoms with Crippen molar-refractivity contribution < 1.29 is 0 Å². The molecule has 1 fully saturated rings. The van der Waals surface area contributed by atoms with Gasteiger partial charge in [0, 0.05) is 31.7 Å². The second-order valence-corrected chi connectivity index (χ2v) is 5.89. The zero-order valence-corrected chi connectivity index (χ0v) is 12.3. The van der Waals surface area contributed by atoms with Crippen LogP contribution in [0.1, 0.15) is 17.2 Å². The van der Waals surface area contributed by atoms with Gasteiger partial charge in [0.25, 0.3) is 0 Å². The molecule has 1 saturated heterocycles. The SMILES string of the molecule is Cc1ccc2cc(C(N)C3CNCCN3C)ccc2c1. The first-order chi connectivity index (χ1) is 9.65. The van der Waals surface area contributed by atoms with Gasteiger partial charge in [0.2, 0.25) is 0 Å². The Morgan fingerprint density at radius 1 is 1.20 bits per heavy atom. The van der Waals surface area contributed by atoms with Crippen LogP contribution in [0, 0.1) is 6.92 Å². The van der Waals surface area contributed by atoms with Gasteiger partial charge in [0.1, 0.15) is 0 Å². The van der Waals surface area contributed by atoms with Gasteiger partial charge in [-0.25, -0.2) is 0 Å². The molecule has 0 bridgehead atoms. The second-order valence-electron chi connectivity index (χ2n) is 5.89. The van der Waals surface area contributed by atoms with Gasteiger partial charge in [-0.15, -0.1) is 0 Å². The number of hydrogen-bond donors (Lipinski definition) is 2. The lowest BCUT2D eigenvalue weighted by Crippen LogP contribution is -2.53. The molecule has 2 aromatic carbocycles. The van der Waals surface area contributed by atoms with Gasteiger partial charge in [-0.1, -0.05) is 35.9 Å². The van der Waals surface area contributed by atoms with E-state index in [0.29, 0.717) is 6.04 Å². The number of benzene rings is 2. The molecule has 0 aliphatic carbocycles. The Morgan fingerprint density at radius 3 is 2.75 bits per heavy atom. The molecule has 3 heteroatoms. The average molecular weight is 269 g/mol. The molecule has 20 heavy (non-hydrogen) atoms. The molecule has 2 unspecified atom stereocenters. The summed E-state index contributed by atoms with van der Waals surface area (Å²) >= 11 is 0. The van der Waals surface area contributed by atoms with E-state index in [9.17, 15) is 0 Å². The minimum absolute atomic E-state index is 0.0542. The van der Waals surface area contributed by atoms with Crippen molar-refractivity contribution in [1.29, 1.82) is 0 Å². The van der Waals surface area contributed by atoms with E-state index in [-0.39, 0.29) is 6.04 Å². The van der Waals surface area contributed by atoms with E-state index >= 15 is 0 Å². The highest BCUT2D eigenvalue weighted by Crippen LogP contribution is 2.24. The quantitative estimate of drug-likeness (QED) is 0.877. The highest BCUT2D eigenvalue weighted by molar-refractivity contribution is 5.83. The van der Waals surface area contributed by atoms with E-state index in [1.165, 1.54) is 21.9 Å². The molecule has 0 aromatic heterocycles. The van der Waals surface area contributed by atoms with Crippen LogP contribution in [0.5, 0.6) is 0 Å². The first kappa shape index (κ1) is 13.6. The Hall–Kier alpha value is -1.42. The predicted molar refractivity (Wildman–Crippen MR) is 84.9 cm³/mol. The first-order valence-electron chi connectivity index (χ1n) is 7.32. The van der Waals surface area contributed by atoms with Crippen LogP contribution in [-0.2, 0) is 0 Å². The molecule has 0 saturated carbocycles. The fourth-order valence-electron chi connectivity index (χ4n) is 3.04. The van der Waals surface area contributed by atoms with Gasteiger partial charge >= 0.3 is 0 Å². The monoisotopic (exact) mass is 269 g/mol. The van der Waals surface area contributed by atoms with Crippen molar-refractivity contribution in [3.63, 3.8) is 0 Å². The van der Waals surface area contributed by atoms with E-state index in [2.05, 4.69) is 60.6 Å². The largest absolute Gasteiger partial charge is 0.323 e. The summed E-state index contributed by atoms with van der Waals surface area (Å²) in [4.78, 5) is 2.36. The molecule has 1 aliphatic rings. The fourth-order valence-corrected chi connectivity index (χ4v) is 3.04. The number of hydrogen-bond acceptors (Lipinski definition) is 3. The summed E-state index contributed by atoms with van der Waals surface area (Å²) in [7, 11) is 2.16. The minimum atomic E-state index is 0.0542. The van der Waals surface area contributed by atoms with Crippen molar-refractivity contribution in [2.24, 2.45) is 5.73 Å². The summed E-state index contributed by atoms with van der Waals surface area (Å²) in [5.74, 6) is 0. The molecule has 1 heterocycles. The Kier molecular flexibility index (Phi) is 3.74. The topological polar surface area (TPSA) is 41.3 Å². The van der Waals surface area contributed by atoms with Gasteiger partial charge < -0.3 is 11.1 Å². The number of nitrogens with one attached hydrogen (secondary N) is 1. The zero-order chi connectivity index (χ0) is 14.1.